The largest absolute Gasteiger partial charge is 0.460 e. The van der Waals surface area contributed by atoms with Gasteiger partial charge in [0.15, 0.2) is 5.60 Å². The molecule has 4 rings (SSSR count). The summed E-state index contributed by atoms with van der Waals surface area (Å²) in [4.78, 5) is 17.4. The van der Waals surface area contributed by atoms with Crippen LogP contribution in [0.5, 0.6) is 0 Å². The second-order valence-electron chi connectivity index (χ2n) is 9.97. The number of piperidine rings is 1. The first-order valence-corrected chi connectivity index (χ1v) is 12.2. The Labute approximate surface area is 192 Å². The molecule has 0 spiro atoms. The fraction of sp³-hybridized carbons (Fsp3) is 0.556. The van der Waals surface area contributed by atoms with E-state index in [-0.39, 0.29) is 12.0 Å². The Morgan fingerprint density at radius 3 is 2.38 bits per heavy atom. The molecule has 5 heteroatoms. The van der Waals surface area contributed by atoms with Crippen molar-refractivity contribution in [1.29, 1.82) is 0 Å². The van der Waals surface area contributed by atoms with Gasteiger partial charge in [0.05, 0.1) is 26.7 Å². The molecule has 1 aliphatic carbocycles. The number of benzene rings is 1. The monoisotopic (exact) mass is 437 g/mol. The summed E-state index contributed by atoms with van der Waals surface area (Å²) in [6.45, 7) is 3.13. The predicted molar refractivity (Wildman–Crippen MR) is 125 cm³/mol. The van der Waals surface area contributed by atoms with E-state index in [1.807, 2.05) is 42.7 Å². The van der Waals surface area contributed by atoms with Crippen molar-refractivity contribution in [3.8, 4) is 0 Å². The second kappa shape index (κ2) is 10.1. The summed E-state index contributed by atoms with van der Waals surface area (Å²) in [6.07, 6.45) is 11.4. The summed E-state index contributed by atoms with van der Waals surface area (Å²) < 4.78 is 7.00. The van der Waals surface area contributed by atoms with Crippen molar-refractivity contribution in [2.24, 2.45) is 5.92 Å². The van der Waals surface area contributed by atoms with Gasteiger partial charge < -0.3 is 14.3 Å². The topological polar surface area (TPSA) is 59.4 Å². The third kappa shape index (κ3) is 5.21. The highest BCUT2D eigenvalue weighted by atomic mass is 16.6. The van der Waals surface area contributed by atoms with Crippen LogP contribution in [-0.2, 0) is 21.6 Å². The molecule has 2 aliphatic rings. The van der Waals surface area contributed by atoms with Gasteiger partial charge in [-0.05, 0) is 42.5 Å². The molecule has 2 heterocycles. The van der Waals surface area contributed by atoms with Gasteiger partial charge >= 0.3 is 5.97 Å². The summed E-state index contributed by atoms with van der Waals surface area (Å²) in [5, 5.41) is 11.6. The highest BCUT2D eigenvalue weighted by molar-refractivity contribution is 5.81. The van der Waals surface area contributed by atoms with Gasteiger partial charge in [-0.2, -0.15) is 0 Å². The number of carbonyl (C=O) groups excluding carboxylic acids is 1. The lowest BCUT2D eigenvalue weighted by Crippen LogP contribution is -2.53. The molecule has 1 atom stereocenters. The Bertz CT molecular complexity index is 859. The molecule has 1 unspecified atom stereocenters. The molecular formula is C27H37N2O3+. The average Bonchev–Trinajstić information content (AvgIpc) is 3.37. The smallest absolute Gasteiger partial charge is 0.343 e. The number of carbonyl (C=O) groups is 1. The zero-order valence-electron chi connectivity index (χ0n) is 19.3. The fourth-order valence-electron chi connectivity index (χ4n) is 5.52. The molecule has 0 bridgehead atoms. The lowest BCUT2D eigenvalue weighted by atomic mass is 9.80. The Morgan fingerprint density at radius 2 is 1.72 bits per heavy atom. The number of ether oxygens (including phenoxy) is 1. The standard InChI is InChI=1S/C27H37N2O3/c1-29(19-7-8-22-13-17-28-18-14-22)20-15-25(16-21-29)32-26(30)27(31,24-11-5-6-12-24)23-9-3-2-4-10-23/h2-4,9-10,13-14,17-18,24-25,31H,5-8,11-12,15-16,19-21H2,1H3/q+1. The Morgan fingerprint density at radius 1 is 1.06 bits per heavy atom. The van der Waals surface area contributed by atoms with Crippen LogP contribution in [0, 0.1) is 5.92 Å². The van der Waals surface area contributed by atoms with E-state index in [9.17, 15) is 9.90 Å². The number of aryl methyl sites for hydroxylation is 1. The third-order valence-electron chi connectivity index (χ3n) is 7.64. The number of aromatic nitrogens is 1. The number of esters is 1. The Balaban J connectivity index is 1.32. The lowest BCUT2D eigenvalue weighted by molar-refractivity contribution is -0.915. The molecular weight excluding hydrogens is 400 g/mol. The first kappa shape index (κ1) is 22.9. The van der Waals surface area contributed by atoms with Gasteiger partial charge in [0.2, 0.25) is 0 Å². The Hall–Kier alpha value is -2.24. The Kier molecular flexibility index (Phi) is 7.27. The lowest BCUT2D eigenvalue weighted by Gasteiger charge is -2.41. The summed E-state index contributed by atoms with van der Waals surface area (Å²) in [6, 6.07) is 13.6. The van der Waals surface area contributed by atoms with Crippen LogP contribution in [0.1, 0.15) is 56.1 Å². The van der Waals surface area contributed by atoms with Crippen LogP contribution >= 0.6 is 0 Å². The molecule has 172 valence electrons. The van der Waals surface area contributed by atoms with Crippen molar-refractivity contribution in [3.05, 3.63) is 66.0 Å². The molecule has 1 aromatic carbocycles. The highest BCUT2D eigenvalue weighted by Crippen LogP contribution is 2.42. The first-order valence-electron chi connectivity index (χ1n) is 12.2. The van der Waals surface area contributed by atoms with Crippen molar-refractivity contribution in [2.75, 3.05) is 26.7 Å². The van der Waals surface area contributed by atoms with Crippen molar-refractivity contribution < 1.29 is 19.1 Å². The molecule has 2 aromatic rings. The highest BCUT2D eigenvalue weighted by Gasteiger charge is 2.49. The maximum absolute atomic E-state index is 13.3. The summed E-state index contributed by atoms with van der Waals surface area (Å²) in [7, 11) is 2.31. The van der Waals surface area contributed by atoms with Crippen LogP contribution < -0.4 is 0 Å². The van der Waals surface area contributed by atoms with E-state index in [2.05, 4.69) is 24.2 Å². The molecule has 0 radical (unpaired) electrons. The number of hydrogen-bond acceptors (Lipinski definition) is 4. The number of hydrogen-bond donors (Lipinski definition) is 1. The normalized spacial score (nSPS) is 25.9. The molecule has 1 saturated heterocycles. The summed E-state index contributed by atoms with van der Waals surface area (Å²) in [5.74, 6) is -0.510. The first-order chi connectivity index (χ1) is 15.5. The maximum atomic E-state index is 13.3. The van der Waals surface area contributed by atoms with Gasteiger partial charge in [-0.15, -0.1) is 0 Å². The van der Waals surface area contributed by atoms with Crippen LogP contribution in [0.3, 0.4) is 0 Å². The van der Waals surface area contributed by atoms with Gasteiger partial charge in [0, 0.05) is 37.6 Å². The molecule has 2 fully saturated rings. The van der Waals surface area contributed by atoms with Gasteiger partial charge in [0.25, 0.3) is 0 Å². The van der Waals surface area contributed by atoms with Crippen molar-refractivity contribution in [1.82, 2.24) is 4.98 Å². The number of nitrogens with zero attached hydrogens (tertiary/aromatic N) is 2. The quantitative estimate of drug-likeness (QED) is 0.496. The molecule has 1 aromatic heterocycles. The minimum atomic E-state index is -1.53. The minimum Gasteiger partial charge on any atom is -0.460 e. The van der Waals surface area contributed by atoms with Crippen LogP contribution in [0.2, 0.25) is 0 Å². The van der Waals surface area contributed by atoms with E-state index in [0.29, 0.717) is 5.56 Å². The second-order valence-corrected chi connectivity index (χ2v) is 9.97. The van der Waals surface area contributed by atoms with E-state index in [1.165, 1.54) is 5.56 Å². The number of aliphatic hydroxyl groups is 1. The van der Waals surface area contributed by atoms with Crippen molar-refractivity contribution in [2.45, 2.75) is 63.1 Å². The van der Waals surface area contributed by atoms with Crippen LogP contribution in [-0.4, -0.2) is 53.3 Å². The zero-order valence-corrected chi connectivity index (χ0v) is 19.3. The van der Waals surface area contributed by atoms with Crippen molar-refractivity contribution in [3.63, 3.8) is 0 Å². The summed E-state index contributed by atoms with van der Waals surface area (Å²) >= 11 is 0. The van der Waals surface area contributed by atoms with Gasteiger partial charge in [0.1, 0.15) is 6.10 Å². The van der Waals surface area contributed by atoms with Crippen LogP contribution in [0.25, 0.3) is 0 Å². The third-order valence-corrected chi connectivity index (χ3v) is 7.64. The number of rotatable bonds is 8. The van der Waals surface area contributed by atoms with E-state index in [4.69, 9.17) is 4.74 Å². The average molecular weight is 438 g/mol. The maximum Gasteiger partial charge on any atom is 0.343 e. The predicted octanol–water partition coefficient (Wildman–Crippen LogP) is 4.24. The van der Waals surface area contributed by atoms with Gasteiger partial charge in [-0.1, -0.05) is 43.2 Å². The molecule has 1 aliphatic heterocycles. The minimum absolute atomic E-state index is 0.0600. The molecule has 32 heavy (non-hydrogen) atoms. The summed E-state index contributed by atoms with van der Waals surface area (Å²) in [5.41, 5.74) is 0.477. The number of likely N-dealkylation sites (tertiary alicyclic amines) is 1. The molecule has 5 nitrogen and oxygen atoms in total. The van der Waals surface area contributed by atoms with E-state index in [1.54, 1.807) is 0 Å². The van der Waals surface area contributed by atoms with Crippen molar-refractivity contribution >= 4 is 5.97 Å². The van der Waals surface area contributed by atoms with Crippen LogP contribution in [0.15, 0.2) is 54.9 Å². The zero-order chi connectivity index (χ0) is 22.4. The van der Waals surface area contributed by atoms with E-state index < -0.39 is 11.6 Å². The molecule has 1 N–H and O–H groups in total. The van der Waals surface area contributed by atoms with E-state index >= 15 is 0 Å². The fourth-order valence-corrected chi connectivity index (χ4v) is 5.52. The van der Waals surface area contributed by atoms with Crippen LogP contribution in [0.4, 0.5) is 0 Å². The SMILES string of the molecule is C[N+]1(CCCc2ccncc2)CCC(OC(=O)C(O)(c2ccccc2)C2CCCC2)CC1. The van der Waals surface area contributed by atoms with Gasteiger partial charge in [-0.3, -0.25) is 4.98 Å². The van der Waals surface area contributed by atoms with Gasteiger partial charge in [-0.25, -0.2) is 4.79 Å². The number of pyridine rings is 1. The number of quaternary nitrogens is 1. The molecule has 0 amide bonds. The molecule has 1 saturated carbocycles. The van der Waals surface area contributed by atoms with E-state index in [0.717, 1.165) is 75.5 Å².